The van der Waals surface area contributed by atoms with Crippen LogP contribution < -0.4 is 20.6 Å². The van der Waals surface area contributed by atoms with Gasteiger partial charge in [0.25, 0.3) is 11.1 Å². The highest BCUT2D eigenvalue weighted by Crippen LogP contribution is 2.35. The minimum absolute atomic E-state index is 0.196. The van der Waals surface area contributed by atoms with Crippen molar-refractivity contribution >= 4 is 21.5 Å². The summed E-state index contributed by atoms with van der Waals surface area (Å²) in [6.45, 7) is 0.196. The summed E-state index contributed by atoms with van der Waals surface area (Å²) in [5, 5.41) is 11.7. The summed E-state index contributed by atoms with van der Waals surface area (Å²) in [5.74, 6) is 1.14. The van der Waals surface area contributed by atoms with E-state index >= 15 is 0 Å². The Morgan fingerprint density at radius 1 is 0.644 bits per heavy atom. The van der Waals surface area contributed by atoms with Crippen LogP contribution in [0.15, 0.2) is 113 Å². The van der Waals surface area contributed by atoms with Crippen LogP contribution in [-0.4, -0.2) is 48.7 Å². The number of hydrogen-bond acceptors (Lipinski definition) is 9. The van der Waals surface area contributed by atoms with E-state index in [9.17, 15) is 9.59 Å². The standard InChI is InChI=1S/C34H25N7O4/c1-44-28-16-26-27(17-29(28)45-2)33(42)40(20-21-7-5-12-35-18-21)38-31(26)22-11-14-37-30(15-22)41-34(43)25-10-4-3-9-24(25)32(39-41)23-8-6-13-36-19-23/h3-19H,20H2,1-2H3. The minimum Gasteiger partial charge on any atom is -0.493 e. The average molecular weight is 596 g/mol. The Morgan fingerprint density at radius 3 is 2.07 bits per heavy atom. The molecule has 0 fully saturated rings. The summed E-state index contributed by atoms with van der Waals surface area (Å²) < 4.78 is 13.7. The summed E-state index contributed by atoms with van der Waals surface area (Å²) in [6.07, 6.45) is 8.33. The number of ether oxygens (including phenoxy) is 2. The van der Waals surface area contributed by atoms with E-state index in [-0.39, 0.29) is 23.5 Å². The fourth-order valence-electron chi connectivity index (χ4n) is 5.34. The zero-order valence-electron chi connectivity index (χ0n) is 24.3. The molecule has 0 aliphatic carbocycles. The maximum absolute atomic E-state index is 13.8. The number of benzene rings is 2. The molecule has 11 heteroatoms. The molecule has 0 bridgehead atoms. The van der Waals surface area contributed by atoms with Gasteiger partial charge in [0.1, 0.15) is 5.69 Å². The molecule has 0 aliphatic rings. The number of pyridine rings is 3. The lowest BCUT2D eigenvalue weighted by molar-refractivity contribution is 0.356. The van der Waals surface area contributed by atoms with Gasteiger partial charge >= 0.3 is 0 Å². The summed E-state index contributed by atoms with van der Waals surface area (Å²) >= 11 is 0. The first-order chi connectivity index (χ1) is 22.1. The van der Waals surface area contributed by atoms with Crippen LogP contribution in [0.1, 0.15) is 5.56 Å². The molecule has 7 rings (SSSR count). The fraction of sp³-hybridized carbons (Fsp3) is 0.0882. The van der Waals surface area contributed by atoms with Crippen molar-refractivity contribution in [3.63, 3.8) is 0 Å². The Labute approximate surface area is 256 Å². The van der Waals surface area contributed by atoms with Crippen molar-refractivity contribution in [1.29, 1.82) is 0 Å². The zero-order valence-corrected chi connectivity index (χ0v) is 24.3. The van der Waals surface area contributed by atoms with Gasteiger partial charge in [0.2, 0.25) is 0 Å². The predicted molar refractivity (Wildman–Crippen MR) is 170 cm³/mol. The van der Waals surface area contributed by atoms with E-state index in [1.165, 1.54) is 23.6 Å². The molecule has 45 heavy (non-hydrogen) atoms. The highest BCUT2D eigenvalue weighted by molar-refractivity contribution is 5.96. The number of rotatable bonds is 7. The van der Waals surface area contributed by atoms with Crippen molar-refractivity contribution in [2.45, 2.75) is 6.54 Å². The molecule has 2 aromatic carbocycles. The molecule has 5 heterocycles. The molecule has 220 valence electrons. The molecular formula is C34H25N7O4. The molecular weight excluding hydrogens is 570 g/mol. The van der Waals surface area contributed by atoms with Crippen molar-refractivity contribution in [3.8, 4) is 39.8 Å². The molecule has 0 N–H and O–H groups in total. The Balaban J connectivity index is 1.46. The number of fused-ring (bicyclic) bond motifs is 2. The second-order valence-corrected chi connectivity index (χ2v) is 10.2. The first kappa shape index (κ1) is 27.6. The SMILES string of the molecule is COc1cc2c(-c3ccnc(-n4nc(-c5cccnc5)c5ccccc5c4=O)c3)nn(Cc3cccnc3)c(=O)c2cc1OC. The summed E-state index contributed by atoms with van der Waals surface area (Å²) in [6, 6.07) is 21.6. The first-order valence-electron chi connectivity index (χ1n) is 14.0. The molecule has 0 radical (unpaired) electrons. The van der Waals surface area contributed by atoms with Crippen LogP contribution in [0, 0.1) is 0 Å². The first-order valence-corrected chi connectivity index (χ1v) is 14.0. The second kappa shape index (κ2) is 11.5. The van der Waals surface area contributed by atoms with E-state index in [0.29, 0.717) is 50.0 Å². The van der Waals surface area contributed by atoms with Crippen molar-refractivity contribution in [1.82, 2.24) is 34.5 Å². The van der Waals surface area contributed by atoms with E-state index in [1.807, 2.05) is 36.4 Å². The van der Waals surface area contributed by atoms with Gasteiger partial charge in [0.05, 0.1) is 37.2 Å². The lowest BCUT2D eigenvalue weighted by atomic mass is 10.0. The molecule has 7 aromatic rings. The third-order valence-corrected chi connectivity index (χ3v) is 7.50. The van der Waals surface area contributed by atoms with Gasteiger partial charge in [-0.15, -0.1) is 0 Å². The normalized spacial score (nSPS) is 11.2. The third-order valence-electron chi connectivity index (χ3n) is 7.50. The van der Waals surface area contributed by atoms with Gasteiger partial charge in [-0.05, 0) is 54.1 Å². The molecule has 11 nitrogen and oxygen atoms in total. The van der Waals surface area contributed by atoms with Crippen molar-refractivity contribution in [3.05, 3.63) is 130 Å². The van der Waals surface area contributed by atoms with Crippen LogP contribution >= 0.6 is 0 Å². The van der Waals surface area contributed by atoms with Crippen LogP contribution in [0.5, 0.6) is 11.5 Å². The van der Waals surface area contributed by atoms with Gasteiger partial charge in [0, 0.05) is 52.9 Å². The highest BCUT2D eigenvalue weighted by Gasteiger charge is 2.19. The largest absolute Gasteiger partial charge is 0.493 e. The topological polar surface area (TPSA) is 127 Å². The van der Waals surface area contributed by atoms with Gasteiger partial charge in [-0.3, -0.25) is 19.6 Å². The summed E-state index contributed by atoms with van der Waals surface area (Å²) in [4.78, 5) is 40.4. The summed E-state index contributed by atoms with van der Waals surface area (Å²) in [7, 11) is 3.05. The second-order valence-electron chi connectivity index (χ2n) is 10.2. The Morgan fingerprint density at radius 2 is 1.36 bits per heavy atom. The number of hydrogen-bond donors (Lipinski definition) is 0. The van der Waals surface area contributed by atoms with E-state index in [1.54, 1.807) is 67.4 Å². The fourth-order valence-corrected chi connectivity index (χ4v) is 5.34. The van der Waals surface area contributed by atoms with Crippen LogP contribution in [0.25, 0.3) is 49.9 Å². The number of methoxy groups -OCH3 is 2. The Bertz CT molecular complexity index is 2320. The Kier molecular flexibility index (Phi) is 7.02. The van der Waals surface area contributed by atoms with Crippen LogP contribution in [-0.2, 0) is 6.54 Å². The maximum atomic E-state index is 13.8. The van der Waals surface area contributed by atoms with Crippen LogP contribution in [0.3, 0.4) is 0 Å². The molecule has 0 spiro atoms. The van der Waals surface area contributed by atoms with E-state index in [0.717, 1.165) is 11.1 Å². The maximum Gasteiger partial charge on any atom is 0.280 e. The van der Waals surface area contributed by atoms with E-state index in [2.05, 4.69) is 15.0 Å². The molecule has 0 amide bonds. The van der Waals surface area contributed by atoms with E-state index in [4.69, 9.17) is 19.7 Å². The van der Waals surface area contributed by atoms with Crippen LogP contribution in [0.2, 0.25) is 0 Å². The predicted octanol–water partition coefficient (Wildman–Crippen LogP) is 4.68. The van der Waals surface area contributed by atoms with Gasteiger partial charge in [-0.2, -0.15) is 14.9 Å². The number of aromatic nitrogens is 7. The minimum atomic E-state index is -0.325. The van der Waals surface area contributed by atoms with Crippen molar-refractivity contribution < 1.29 is 9.47 Å². The molecule has 0 unspecified atom stereocenters. The molecule has 0 atom stereocenters. The van der Waals surface area contributed by atoms with Gasteiger partial charge in [-0.25, -0.2) is 9.67 Å². The van der Waals surface area contributed by atoms with Gasteiger partial charge in [-0.1, -0.05) is 24.3 Å². The van der Waals surface area contributed by atoms with Crippen LogP contribution in [0.4, 0.5) is 0 Å². The van der Waals surface area contributed by atoms with Gasteiger partial charge < -0.3 is 9.47 Å². The average Bonchev–Trinajstić information content (AvgIpc) is 3.10. The third kappa shape index (κ3) is 4.95. The summed E-state index contributed by atoms with van der Waals surface area (Å²) in [5.41, 5.74) is 2.63. The molecule has 5 aromatic heterocycles. The monoisotopic (exact) mass is 595 g/mol. The lowest BCUT2D eigenvalue weighted by Crippen LogP contribution is -2.25. The van der Waals surface area contributed by atoms with Gasteiger partial charge in [0.15, 0.2) is 17.3 Å². The molecule has 0 saturated heterocycles. The molecule has 0 saturated carbocycles. The highest BCUT2D eigenvalue weighted by atomic mass is 16.5. The van der Waals surface area contributed by atoms with E-state index < -0.39 is 0 Å². The number of nitrogens with zero attached hydrogens (tertiary/aromatic N) is 7. The Hall–Kier alpha value is -6.23. The molecule has 0 aliphatic heterocycles. The smallest absolute Gasteiger partial charge is 0.280 e. The van der Waals surface area contributed by atoms with Crippen molar-refractivity contribution in [2.75, 3.05) is 14.2 Å². The lowest BCUT2D eigenvalue weighted by Gasteiger charge is -2.15. The quantitative estimate of drug-likeness (QED) is 0.258. The zero-order chi connectivity index (χ0) is 30.9. The van der Waals surface area contributed by atoms with Crippen molar-refractivity contribution in [2.24, 2.45) is 0 Å².